The van der Waals surface area contributed by atoms with Gasteiger partial charge in [0.15, 0.2) is 6.61 Å². The van der Waals surface area contributed by atoms with Crippen molar-refractivity contribution in [1.82, 2.24) is 4.90 Å². The maximum atomic E-state index is 12.7. The van der Waals surface area contributed by atoms with Crippen molar-refractivity contribution in [2.75, 3.05) is 26.4 Å². The molecule has 5 heteroatoms. The summed E-state index contributed by atoms with van der Waals surface area (Å²) in [7, 11) is 0. The summed E-state index contributed by atoms with van der Waals surface area (Å²) in [6.07, 6.45) is 4.64. The van der Waals surface area contributed by atoms with Crippen molar-refractivity contribution in [2.45, 2.75) is 43.9 Å². The number of hydrogen-bond acceptors (Lipinski definition) is 4. The van der Waals surface area contributed by atoms with Crippen molar-refractivity contribution in [2.24, 2.45) is 5.92 Å². The van der Waals surface area contributed by atoms with Crippen LogP contribution >= 0.6 is 0 Å². The van der Waals surface area contributed by atoms with Crippen molar-refractivity contribution in [1.29, 1.82) is 0 Å². The molecule has 2 bridgehead atoms. The van der Waals surface area contributed by atoms with Crippen LogP contribution in [0, 0.1) is 5.92 Å². The third-order valence-electron chi connectivity index (χ3n) is 5.20. The molecule has 0 N–H and O–H groups in total. The van der Waals surface area contributed by atoms with Gasteiger partial charge in [0, 0.05) is 13.2 Å². The van der Waals surface area contributed by atoms with Gasteiger partial charge in [-0.25, -0.2) is 0 Å². The average Bonchev–Trinajstić information content (AvgIpc) is 3.36. The van der Waals surface area contributed by atoms with Crippen LogP contribution in [0.1, 0.15) is 25.7 Å². The molecule has 1 saturated heterocycles. The Labute approximate surface area is 142 Å². The van der Waals surface area contributed by atoms with Crippen molar-refractivity contribution < 1.29 is 19.0 Å². The summed E-state index contributed by atoms with van der Waals surface area (Å²) in [4.78, 5) is 14.6. The summed E-state index contributed by atoms with van der Waals surface area (Å²) in [5, 5.41) is 0. The number of carbonyl (C=O) groups is 1. The van der Waals surface area contributed by atoms with E-state index >= 15 is 0 Å². The van der Waals surface area contributed by atoms with Crippen molar-refractivity contribution in [3.8, 4) is 5.75 Å². The Balaban J connectivity index is 1.38. The number of fused-ring (bicyclic) bond motifs is 2. The fourth-order valence-corrected chi connectivity index (χ4v) is 3.70. The van der Waals surface area contributed by atoms with E-state index in [0.717, 1.165) is 31.1 Å². The number of rotatable bonds is 6. The molecule has 0 aromatic heterocycles. The predicted octanol–water partition coefficient (Wildman–Crippen LogP) is 2.25. The quantitative estimate of drug-likeness (QED) is 0.802. The van der Waals surface area contributed by atoms with Gasteiger partial charge in [-0.3, -0.25) is 4.79 Å². The molecular formula is C19H25NO4. The Morgan fingerprint density at radius 1 is 1.17 bits per heavy atom. The second-order valence-electron chi connectivity index (χ2n) is 6.98. The molecular weight excluding hydrogens is 306 g/mol. The molecule has 3 atom stereocenters. The predicted molar refractivity (Wildman–Crippen MR) is 88.9 cm³/mol. The Kier molecular flexibility index (Phi) is 4.72. The van der Waals surface area contributed by atoms with Crippen LogP contribution in [0.2, 0.25) is 0 Å². The van der Waals surface area contributed by atoms with Gasteiger partial charge in [-0.15, -0.1) is 0 Å². The number of nitrogens with zero attached hydrogens (tertiary/aromatic N) is 1. The van der Waals surface area contributed by atoms with E-state index in [1.165, 1.54) is 12.8 Å². The Hall–Kier alpha value is -1.59. The molecule has 1 aromatic carbocycles. The normalized spacial score (nSPS) is 29.3. The average molecular weight is 331 g/mol. The summed E-state index contributed by atoms with van der Waals surface area (Å²) in [6.45, 7) is 2.09. The second-order valence-corrected chi connectivity index (χ2v) is 6.98. The van der Waals surface area contributed by atoms with Crippen LogP contribution in [-0.4, -0.2) is 55.4 Å². The molecule has 3 fully saturated rings. The first-order valence-electron chi connectivity index (χ1n) is 9.02. The Bertz CT molecular complexity index is 560. The van der Waals surface area contributed by atoms with E-state index in [-0.39, 0.29) is 30.8 Å². The first kappa shape index (κ1) is 15.9. The van der Waals surface area contributed by atoms with E-state index in [1.807, 2.05) is 35.2 Å². The fourth-order valence-electron chi connectivity index (χ4n) is 3.70. The molecule has 0 spiro atoms. The van der Waals surface area contributed by atoms with Gasteiger partial charge < -0.3 is 19.1 Å². The van der Waals surface area contributed by atoms with E-state index in [1.54, 1.807) is 0 Å². The highest BCUT2D eigenvalue weighted by Crippen LogP contribution is 2.35. The minimum Gasteiger partial charge on any atom is -0.484 e. The van der Waals surface area contributed by atoms with Gasteiger partial charge in [0.05, 0.1) is 18.8 Å². The van der Waals surface area contributed by atoms with Crippen LogP contribution in [0.25, 0.3) is 0 Å². The molecule has 24 heavy (non-hydrogen) atoms. The fraction of sp³-hybridized carbons (Fsp3) is 0.632. The molecule has 1 aromatic rings. The van der Waals surface area contributed by atoms with Crippen LogP contribution in [0.15, 0.2) is 30.3 Å². The number of para-hydroxylation sites is 1. The molecule has 0 radical (unpaired) electrons. The van der Waals surface area contributed by atoms with Gasteiger partial charge in [0.2, 0.25) is 0 Å². The van der Waals surface area contributed by atoms with Gasteiger partial charge in [-0.05, 0) is 43.7 Å². The lowest BCUT2D eigenvalue weighted by atomic mass is 10.1. The zero-order valence-corrected chi connectivity index (χ0v) is 13.9. The van der Waals surface area contributed by atoms with Gasteiger partial charge in [0.25, 0.3) is 5.91 Å². The van der Waals surface area contributed by atoms with Crippen molar-refractivity contribution in [3.63, 3.8) is 0 Å². The molecule has 4 rings (SSSR count). The van der Waals surface area contributed by atoms with Crippen molar-refractivity contribution in [3.05, 3.63) is 30.3 Å². The van der Waals surface area contributed by atoms with Crippen LogP contribution in [0.4, 0.5) is 0 Å². The van der Waals surface area contributed by atoms with E-state index in [2.05, 4.69) is 0 Å². The Morgan fingerprint density at radius 3 is 2.79 bits per heavy atom. The molecule has 5 nitrogen and oxygen atoms in total. The minimum absolute atomic E-state index is 0.0220. The van der Waals surface area contributed by atoms with Gasteiger partial charge in [-0.2, -0.15) is 0 Å². The lowest BCUT2D eigenvalue weighted by molar-refractivity contribution is -0.138. The highest BCUT2D eigenvalue weighted by Gasteiger charge is 2.45. The largest absolute Gasteiger partial charge is 0.484 e. The minimum atomic E-state index is 0.0220. The van der Waals surface area contributed by atoms with Crippen LogP contribution in [0.5, 0.6) is 5.75 Å². The number of hydrogen-bond donors (Lipinski definition) is 0. The topological polar surface area (TPSA) is 48.0 Å². The maximum Gasteiger partial charge on any atom is 0.260 e. The molecule has 3 unspecified atom stereocenters. The highest BCUT2D eigenvalue weighted by molar-refractivity contribution is 5.78. The molecule has 1 amide bonds. The third-order valence-corrected chi connectivity index (χ3v) is 5.20. The van der Waals surface area contributed by atoms with Gasteiger partial charge in [0.1, 0.15) is 11.9 Å². The smallest absolute Gasteiger partial charge is 0.260 e. The number of ether oxygens (including phenoxy) is 3. The lowest BCUT2D eigenvalue weighted by Crippen LogP contribution is -2.48. The zero-order valence-electron chi connectivity index (χ0n) is 13.9. The monoisotopic (exact) mass is 331 g/mol. The molecule has 3 aliphatic rings. The molecule has 130 valence electrons. The maximum absolute atomic E-state index is 12.7. The third kappa shape index (κ3) is 3.57. The van der Waals surface area contributed by atoms with E-state index in [9.17, 15) is 4.79 Å². The summed E-state index contributed by atoms with van der Waals surface area (Å²) in [6, 6.07) is 9.61. The first-order valence-corrected chi connectivity index (χ1v) is 9.02. The summed E-state index contributed by atoms with van der Waals surface area (Å²) in [5.41, 5.74) is 0. The summed E-state index contributed by atoms with van der Waals surface area (Å²) < 4.78 is 17.7. The summed E-state index contributed by atoms with van der Waals surface area (Å²) in [5.74, 6) is 1.47. The van der Waals surface area contributed by atoms with E-state index in [4.69, 9.17) is 14.2 Å². The Morgan fingerprint density at radius 2 is 2.00 bits per heavy atom. The van der Waals surface area contributed by atoms with Crippen molar-refractivity contribution >= 4 is 5.91 Å². The van der Waals surface area contributed by atoms with E-state index < -0.39 is 0 Å². The summed E-state index contributed by atoms with van der Waals surface area (Å²) >= 11 is 0. The number of carbonyl (C=O) groups excluding carboxylic acids is 1. The van der Waals surface area contributed by atoms with E-state index in [0.29, 0.717) is 13.2 Å². The van der Waals surface area contributed by atoms with Crippen LogP contribution in [-0.2, 0) is 14.3 Å². The highest BCUT2D eigenvalue weighted by atomic mass is 16.5. The molecule has 2 saturated carbocycles. The number of benzene rings is 1. The second kappa shape index (κ2) is 7.11. The van der Waals surface area contributed by atoms with Gasteiger partial charge >= 0.3 is 0 Å². The lowest BCUT2D eigenvalue weighted by Gasteiger charge is -2.31. The van der Waals surface area contributed by atoms with Crippen LogP contribution < -0.4 is 4.74 Å². The van der Waals surface area contributed by atoms with Gasteiger partial charge in [-0.1, -0.05) is 18.2 Å². The molecule has 2 aliphatic carbocycles. The van der Waals surface area contributed by atoms with Crippen LogP contribution in [0.3, 0.4) is 0 Å². The zero-order chi connectivity index (χ0) is 16.4. The molecule has 1 aliphatic heterocycles. The molecule has 1 heterocycles. The first-order chi connectivity index (χ1) is 11.8. The standard InChI is InChI=1S/C19H25NO4/c21-18(13-23-15-4-2-1-3-5-15)20-10-11-22-17-9-8-16(20)19(17)24-12-14-6-7-14/h1-5,14,16-17,19H,6-13H2. The number of amides is 1. The SMILES string of the molecule is O=C(COc1ccccc1)N1CCOC2CCC1C2OCC1CC1.